The first-order chi connectivity index (χ1) is 28.1. The molecule has 10 rings (SSSR count). The van der Waals surface area contributed by atoms with Crippen LogP contribution in [0.15, 0.2) is 211 Å². The summed E-state index contributed by atoms with van der Waals surface area (Å²) in [7, 11) is 0. The highest BCUT2D eigenvalue weighted by molar-refractivity contribution is 6.28. The molecule has 1 aromatic heterocycles. The molecule has 3 nitrogen and oxygen atoms in total. The maximum Gasteiger partial charge on any atom is 0.162 e. The largest absolute Gasteiger partial charge is 0.454 e. The number of aryl methyl sites for hydroxylation is 2. The third-order valence-electron chi connectivity index (χ3n) is 11.1. The van der Waals surface area contributed by atoms with E-state index < -0.39 is 0 Å². The molecule has 0 spiro atoms. The molecule has 0 bridgehead atoms. The van der Waals surface area contributed by atoms with Gasteiger partial charge in [0.15, 0.2) is 5.58 Å². The fourth-order valence-corrected chi connectivity index (χ4v) is 8.33. The van der Waals surface area contributed by atoms with Gasteiger partial charge in [0, 0.05) is 38.9 Å². The van der Waals surface area contributed by atoms with E-state index >= 15 is 0 Å². The van der Waals surface area contributed by atoms with Crippen LogP contribution in [0.2, 0.25) is 0 Å². The molecule has 3 heteroatoms. The number of nitrogens with zero attached hydrogens (tertiary/aromatic N) is 2. The van der Waals surface area contributed by atoms with Gasteiger partial charge in [0.2, 0.25) is 0 Å². The molecule has 272 valence electrons. The third-order valence-corrected chi connectivity index (χ3v) is 11.1. The van der Waals surface area contributed by atoms with Gasteiger partial charge in [0.05, 0.1) is 16.8 Å². The average molecular weight is 733 g/mol. The molecule has 0 fully saturated rings. The normalized spacial score (nSPS) is 11.3. The van der Waals surface area contributed by atoms with Crippen molar-refractivity contribution in [3.8, 4) is 22.3 Å². The molecular formula is C54H40N2O. The van der Waals surface area contributed by atoms with E-state index in [4.69, 9.17) is 4.42 Å². The van der Waals surface area contributed by atoms with Gasteiger partial charge in [-0.3, -0.25) is 0 Å². The van der Waals surface area contributed by atoms with E-state index in [0.717, 1.165) is 66.8 Å². The van der Waals surface area contributed by atoms with Gasteiger partial charge in [0.1, 0.15) is 5.58 Å². The quantitative estimate of drug-likeness (QED) is 0.145. The van der Waals surface area contributed by atoms with E-state index in [0.29, 0.717) is 0 Å². The monoisotopic (exact) mass is 732 g/mol. The van der Waals surface area contributed by atoms with E-state index in [1.54, 1.807) is 0 Å². The van der Waals surface area contributed by atoms with Crippen molar-refractivity contribution in [2.45, 2.75) is 13.8 Å². The highest BCUT2D eigenvalue weighted by atomic mass is 16.3. The molecule has 0 N–H and O–H groups in total. The van der Waals surface area contributed by atoms with Crippen LogP contribution in [0.25, 0.3) is 55.0 Å². The lowest BCUT2D eigenvalue weighted by Crippen LogP contribution is -2.15. The fourth-order valence-electron chi connectivity index (χ4n) is 8.33. The number of fused-ring (bicyclic) bond motifs is 4. The minimum Gasteiger partial charge on any atom is -0.454 e. The van der Waals surface area contributed by atoms with Crippen LogP contribution in [0.5, 0.6) is 0 Å². The number of para-hydroxylation sites is 3. The Hall–Kier alpha value is -7.36. The lowest BCUT2D eigenvalue weighted by molar-refractivity contribution is 0.669. The van der Waals surface area contributed by atoms with Crippen LogP contribution in [0.3, 0.4) is 0 Å². The van der Waals surface area contributed by atoms with E-state index in [1.807, 2.05) is 0 Å². The lowest BCUT2D eigenvalue weighted by Gasteiger charge is -2.32. The molecule has 57 heavy (non-hydrogen) atoms. The Morgan fingerprint density at radius 1 is 0.333 bits per heavy atom. The summed E-state index contributed by atoms with van der Waals surface area (Å²) in [6.45, 7) is 4.38. The van der Waals surface area contributed by atoms with Crippen LogP contribution in [0.4, 0.5) is 34.1 Å². The lowest BCUT2D eigenvalue weighted by atomic mass is 9.96. The second-order valence-electron chi connectivity index (χ2n) is 14.6. The van der Waals surface area contributed by atoms with Crippen molar-refractivity contribution in [1.82, 2.24) is 0 Å². The molecule has 0 aliphatic rings. The maximum atomic E-state index is 7.15. The van der Waals surface area contributed by atoms with Gasteiger partial charge in [-0.15, -0.1) is 0 Å². The predicted octanol–water partition coefficient (Wildman–Crippen LogP) is 15.6. The standard InChI is InChI=1S/C54H40N2O/c1-37-17-9-14-26-48(37)55(43-33-29-41(30-34-43)39-19-5-3-6-20-39)52-45-23-11-12-24-46(45)53(54-51(52)47-25-13-16-28-50(47)57-54)56(49-27-15-10-18-38(49)2)44-35-31-42(32-36-44)40-21-7-4-8-22-40/h3-36H,1-2H3. The highest BCUT2D eigenvalue weighted by Gasteiger charge is 2.30. The molecule has 0 amide bonds. The van der Waals surface area contributed by atoms with Crippen molar-refractivity contribution in [3.63, 3.8) is 0 Å². The number of hydrogen-bond acceptors (Lipinski definition) is 3. The summed E-state index contributed by atoms with van der Waals surface area (Å²) in [5.74, 6) is 0. The van der Waals surface area contributed by atoms with Crippen LogP contribution in [-0.4, -0.2) is 0 Å². The van der Waals surface area contributed by atoms with Crippen LogP contribution in [-0.2, 0) is 0 Å². The third kappa shape index (κ3) is 6.01. The Balaban J connectivity index is 1.29. The summed E-state index contributed by atoms with van der Waals surface area (Å²) < 4.78 is 7.15. The van der Waals surface area contributed by atoms with E-state index in [1.165, 1.54) is 33.4 Å². The number of anilines is 6. The molecule has 0 aliphatic heterocycles. The molecule has 0 atom stereocenters. The van der Waals surface area contributed by atoms with Gasteiger partial charge in [-0.1, -0.05) is 164 Å². The smallest absolute Gasteiger partial charge is 0.162 e. The highest BCUT2D eigenvalue weighted by Crippen LogP contribution is 2.54. The minimum absolute atomic E-state index is 0.833. The van der Waals surface area contributed by atoms with Crippen molar-refractivity contribution in [2.24, 2.45) is 0 Å². The molecule has 0 saturated carbocycles. The molecule has 0 unspecified atom stereocenters. The SMILES string of the molecule is Cc1ccccc1N(c1ccc(-c2ccccc2)cc1)c1c2ccccc2c(N(c2ccc(-c3ccccc3)cc2)c2ccccc2C)c2c1oc1ccccc12. The van der Waals surface area contributed by atoms with Gasteiger partial charge in [-0.05, 0) is 89.7 Å². The molecule has 10 aromatic rings. The number of furan rings is 1. The summed E-state index contributed by atoms with van der Waals surface area (Å²) in [4.78, 5) is 4.83. The topological polar surface area (TPSA) is 19.6 Å². The first-order valence-electron chi connectivity index (χ1n) is 19.5. The summed E-state index contributed by atoms with van der Waals surface area (Å²) in [6.07, 6.45) is 0. The second kappa shape index (κ2) is 14.4. The zero-order valence-electron chi connectivity index (χ0n) is 31.9. The number of benzene rings is 9. The average Bonchev–Trinajstić information content (AvgIpc) is 3.66. The van der Waals surface area contributed by atoms with Crippen LogP contribution in [0, 0.1) is 13.8 Å². The molecular weight excluding hydrogens is 693 g/mol. The summed E-state index contributed by atoms with van der Waals surface area (Å²) >= 11 is 0. The van der Waals surface area contributed by atoms with E-state index in [9.17, 15) is 0 Å². The maximum absolute atomic E-state index is 7.15. The Bertz CT molecular complexity index is 3020. The molecule has 1 heterocycles. The second-order valence-corrected chi connectivity index (χ2v) is 14.6. The van der Waals surface area contributed by atoms with E-state index in [2.05, 4.69) is 230 Å². The first kappa shape index (κ1) is 34.2. The van der Waals surface area contributed by atoms with Crippen LogP contribution >= 0.6 is 0 Å². The van der Waals surface area contributed by atoms with Gasteiger partial charge >= 0.3 is 0 Å². The van der Waals surface area contributed by atoms with Gasteiger partial charge in [-0.2, -0.15) is 0 Å². The summed E-state index contributed by atoms with van der Waals surface area (Å²) in [5, 5.41) is 4.35. The molecule has 9 aromatic carbocycles. The number of rotatable bonds is 8. The zero-order chi connectivity index (χ0) is 38.3. The van der Waals surface area contributed by atoms with E-state index in [-0.39, 0.29) is 0 Å². The Morgan fingerprint density at radius 3 is 1.23 bits per heavy atom. The fraction of sp³-hybridized carbons (Fsp3) is 0.0370. The van der Waals surface area contributed by atoms with Crippen molar-refractivity contribution in [1.29, 1.82) is 0 Å². The summed E-state index contributed by atoms with van der Waals surface area (Å²) in [5.41, 5.74) is 15.2. The van der Waals surface area contributed by atoms with Crippen LogP contribution < -0.4 is 9.80 Å². The Kier molecular flexibility index (Phi) is 8.61. The number of hydrogen-bond donors (Lipinski definition) is 0. The predicted molar refractivity (Wildman–Crippen MR) is 241 cm³/mol. The van der Waals surface area contributed by atoms with Gasteiger partial charge < -0.3 is 14.2 Å². The van der Waals surface area contributed by atoms with Gasteiger partial charge in [-0.25, -0.2) is 0 Å². The summed E-state index contributed by atoms with van der Waals surface area (Å²) in [6, 6.07) is 73.6. The van der Waals surface area contributed by atoms with Crippen LogP contribution in [0.1, 0.15) is 11.1 Å². The van der Waals surface area contributed by atoms with Crippen molar-refractivity contribution < 1.29 is 4.42 Å². The van der Waals surface area contributed by atoms with Crippen molar-refractivity contribution in [2.75, 3.05) is 9.80 Å². The van der Waals surface area contributed by atoms with Gasteiger partial charge in [0.25, 0.3) is 0 Å². The zero-order valence-corrected chi connectivity index (χ0v) is 31.9. The molecule has 0 saturated heterocycles. The van der Waals surface area contributed by atoms with Crippen molar-refractivity contribution >= 4 is 66.8 Å². The minimum atomic E-state index is 0.833. The molecule has 0 aliphatic carbocycles. The molecule has 0 radical (unpaired) electrons. The van der Waals surface area contributed by atoms with Crippen molar-refractivity contribution in [3.05, 3.63) is 217 Å². The first-order valence-corrected chi connectivity index (χ1v) is 19.5. The Morgan fingerprint density at radius 2 is 0.719 bits per heavy atom. The Labute approximate surface area is 333 Å².